The van der Waals surface area contributed by atoms with Gasteiger partial charge in [-0.25, -0.2) is 0 Å². The van der Waals surface area contributed by atoms with Crippen LogP contribution in [0.25, 0.3) is 0 Å². The highest BCUT2D eigenvalue weighted by Gasteiger charge is 2.39. The minimum atomic E-state index is -4.88. The van der Waals surface area contributed by atoms with Gasteiger partial charge in [0.25, 0.3) is 5.69 Å². The Morgan fingerprint density at radius 3 is 2.20 bits per heavy atom. The number of hydrogen-bond donors (Lipinski definition) is 1. The molecule has 2 fully saturated rings. The molecule has 0 spiro atoms. The fraction of sp³-hybridized carbons (Fsp3) is 0.462. The number of alkyl halides is 6. The number of rotatable bonds is 7. The van der Waals surface area contributed by atoms with Crippen LogP contribution in [0, 0.1) is 10.1 Å². The van der Waals surface area contributed by atoms with Crippen molar-refractivity contribution in [2.75, 3.05) is 36.5 Å². The number of nitrogens with one attached hydrogen (secondary N) is 1. The Bertz CT molecular complexity index is 1280. The number of amides is 2. The first-order chi connectivity index (χ1) is 19.2. The summed E-state index contributed by atoms with van der Waals surface area (Å²) in [7, 11) is 0. The zero-order chi connectivity index (χ0) is 29.9. The number of nitro benzene ring substituents is 1. The Morgan fingerprint density at radius 1 is 0.976 bits per heavy atom. The van der Waals surface area contributed by atoms with Crippen molar-refractivity contribution >= 4 is 28.9 Å². The first-order valence-corrected chi connectivity index (χ1v) is 12.7. The number of carbonyl (C=O) groups excluding carboxylic acids is 2. The van der Waals surface area contributed by atoms with Gasteiger partial charge in [0.2, 0.25) is 11.8 Å². The SMILES string of the molecule is O=C(COC1CCC(Nc2ccc([N+](=O)[O-])c(C(F)(F)F)c2)CC1)N1CCN(c2ccc(C(F)(F)F)cc2)C(=O)C1. The van der Waals surface area contributed by atoms with E-state index in [1.807, 2.05) is 0 Å². The smallest absolute Gasteiger partial charge is 0.382 e. The zero-order valence-corrected chi connectivity index (χ0v) is 21.5. The first-order valence-electron chi connectivity index (χ1n) is 12.7. The van der Waals surface area contributed by atoms with Crippen LogP contribution in [0.1, 0.15) is 36.8 Å². The van der Waals surface area contributed by atoms with E-state index in [0.717, 1.165) is 24.3 Å². The van der Waals surface area contributed by atoms with Crippen LogP contribution in [0.3, 0.4) is 0 Å². The molecular formula is C26H26F6N4O5. The number of ether oxygens (including phenoxy) is 1. The molecule has 1 N–H and O–H groups in total. The van der Waals surface area contributed by atoms with Crippen molar-refractivity contribution in [3.63, 3.8) is 0 Å². The molecule has 0 bridgehead atoms. The Balaban J connectivity index is 1.22. The number of benzene rings is 2. The standard InChI is InChI=1S/C26H26F6N4O5/c27-25(28,29)16-1-6-19(7-2-16)35-12-11-34(14-23(35)37)24(38)15-41-20-8-3-17(4-9-20)33-18-5-10-22(36(39)40)21(13-18)26(30,31)32/h1-2,5-7,10,13,17,20,33H,3-4,8-9,11-12,14-15H2. The molecule has 0 atom stereocenters. The Kier molecular flexibility index (Phi) is 8.75. The van der Waals surface area contributed by atoms with Crippen molar-refractivity contribution in [2.45, 2.75) is 50.2 Å². The van der Waals surface area contributed by atoms with E-state index in [2.05, 4.69) is 5.32 Å². The molecule has 1 heterocycles. The molecule has 222 valence electrons. The minimum Gasteiger partial charge on any atom is -0.382 e. The summed E-state index contributed by atoms with van der Waals surface area (Å²) in [6.45, 7) is -0.213. The molecule has 0 radical (unpaired) electrons. The van der Waals surface area contributed by atoms with E-state index >= 15 is 0 Å². The molecule has 0 unspecified atom stereocenters. The van der Waals surface area contributed by atoms with E-state index in [9.17, 15) is 46.0 Å². The lowest BCUT2D eigenvalue weighted by atomic mass is 9.92. The summed E-state index contributed by atoms with van der Waals surface area (Å²) in [5.41, 5.74) is -2.76. The van der Waals surface area contributed by atoms with Crippen LogP contribution >= 0.6 is 0 Å². The van der Waals surface area contributed by atoms with Gasteiger partial charge in [-0.3, -0.25) is 19.7 Å². The fourth-order valence-corrected chi connectivity index (χ4v) is 4.89. The normalized spacial score (nSPS) is 20.2. The van der Waals surface area contributed by atoms with Crippen LogP contribution in [0.15, 0.2) is 42.5 Å². The van der Waals surface area contributed by atoms with Crippen LogP contribution in [0.5, 0.6) is 0 Å². The molecule has 1 aliphatic carbocycles. The predicted molar refractivity (Wildman–Crippen MR) is 134 cm³/mol. The lowest BCUT2D eigenvalue weighted by molar-refractivity contribution is -0.388. The molecule has 2 aliphatic rings. The number of hydrogen-bond acceptors (Lipinski definition) is 6. The fourth-order valence-electron chi connectivity index (χ4n) is 4.89. The van der Waals surface area contributed by atoms with Crippen molar-refractivity contribution in [3.05, 3.63) is 63.7 Å². The quantitative estimate of drug-likeness (QED) is 0.269. The van der Waals surface area contributed by atoms with Gasteiger partial charge in [-0.2, -0.15) is 26.3 Å². The van der Waals surface area contributed by atoms with Gasteiger partial charge in [-0.05, 0) is 62.1 Å². The molecule has 41 heavy (non-hydrogen) atoms. The summed E-state index contributed by atoms with van der Waals surface area (Å²) in [6, 6.07) is 6.79. The lowest BCUT2D eigenvalue weighted by Crippen LogP contribution is -2.53. The second kappa shape index (κ2) is 11.9. The van der Waals surface area contributed by atoms with Gasteiger partial charge in [0.1, 0.15) is 18.7 Å². The molecule has 0 aromatic heterocycles. The summed E-state index contributed by atoms with van der Waals surface area (Å²) in [5.74, 6) is -0.841. The molecule has 15 heteroatoms. The minimum absolute atomic E-state index is 0.113. The summed E-state index contributed by atoms with van der Waals surface area (Å²) < 4.78 is 83.8. The second-order valence-electron chi connectivity index (χ2n) is 9.82. The second-order valence-corrected chi connectivity index (χ2v) is 9.82. The summed E-state index contributed by atoms with van der Waals surface area (Å²) >= 11 is 0. The Labute approximate surface area is 230 Å². The van der Waals surface area contributed by atoms with Gasteiger partial charge in [0.15, 0.2) is 0 Å². The summed E-state index contributed by atoms with van der Waals surface area (Å²) in [6.07, 6.45) is -7.54. The average Bonchev–Trinajstić information content (AvgIpc) is 2.91. The highest BCUT2D eigenvalue weighted by atomic mass is 19.4. The maximum absolute atomic E-state index is 13.2. The van der Waals surface area contributed by atoms with Gasteiger partial charge >= 0.3 is 12.4 Å². The summed E-state index contributed by atoms with van der Waals surface area (Å²) in [5, 5.41) is 13.9. The van der Waals surface area contributed by atoms with E-state index in [-0.39, 0.29) is 44.1 Å². The topological polar surface area (TPSA) is 105 Å². The number of halogens is 6. The molecule has 2 amide bonds. The first kappa shape index (κ1) is 30.1. The third-order valence-corrected chi connectivity index (χ3v) is 7.07. The molecule has 2 aromatic carbocycles. The van der Waals surface area contributed by atoms with Crippen LogP contribution in [0.2, 0.25) is 0 Å². The average molecular weight is 589 g/mol. The van der Waals surface area contributed by atoms with Crippen molar-refractivity contribution in [3.8, 4) is 0 Å². The third kappa shape index (κ3) is 7.45. The lowest BCUT2D eigenvalue weighted by Gasteiger charge is -2.35. The van der Waals surface area contributed by atoms with Crippen LogP contribution < -0.4 is 10.2 Å². The van der Waals surface area contributed by atoms with Gasteiger partial charge in [-0.15, -0.1) is 0 Å². The molecular weight excluding hydrogens is 562 g/mol. The van der Waals surface area contributed by atoms with E-state index in [1.165, 1.54) is 28.0 Å². The number of anilines is 2. The van der Waals surface area contributed by atoms with Crippen molar-refractivity contribution in [1.82, 2.24) is 4.90 Å². The van der Waals surface area contributed by atoms with E-state index in [1.54, 1.807) is 0 Å². The molecule has 9 nitrogen and oxygen atoms in total. The highest BCUT2D eigenvalue weighted by molar-refractivity contribution is 5.98. The van der Waals surface area contributed by atoms with E-state index < -0.39 is 45.9 Å². The molecule has 2 aromatic rings. The van der Waals surface area contributed by atoms with Gasteiger partial charge in [0, 0.05) is 36.6 Å². The molecule has 1 aliphatic heterocycles. The van der Waals surface area contributed by atoms with Gasteiger partial charge in [0.05, 0.1) is 16.6 Å². The predicted octanol–water partition coefficient (Wildman–Crippen LogP) is 5.25. The van der Waals surface area contributed by atoms with Crippen molar-refractivity contribution in [2.24, 2.45) is 0 Å². The summed E-state index contributed by atoms with van der Waals surface area (Å²) in [4.78, 5) is 37.7. The zero-order valence-electron chi connectivity index (χ0n) is 21.5. The maximum Gasteiger partial charge on any atom is 0.423 e. The third-order valence-electron chi connectivity index (χ3n) is 7.07. The van der Waals surface area contributed by atoms with Gasteiger partial charge < -0.3 is 19.9 Å². The number of piperazine rings is 1. The number of nitro groups is 1. The molecule has 4 rings (SSSR count). The van der Waals surface area contributed by atoms with Crippen LogP contribution in [-0.4, -0.2) is 60.0 Å². The highest BCUT2D eigenvalue weighted by Crippen LogP contribution is 2.38. The Hall–Kier alpha value is -3.88. The van der Waals surface area contributed by atoms with E-state index in [0.29, 0.717) is 31.4 Å². The maximum atomic E-state index is 13.2. The number of nitrogens with zero attached hydrogens (tertiary/aromatic N) is 3. The van der Waals surface area contributed by atoms with Crippen molar-refractivity contribution < 1.29 is 45.6 Å². The largest absolute Gasteiger partial charge is 0.423 e. The number of carbonyl (C=O) groups is 2. The molecule has 1 saturated heterocycles. The van der Waals surface area contributed by atoms with Crippen molar-refractivity contribution in [1.29, 1.82) is 0 Å². The van der Waals surface area contributed by atoms with Gasteiger partial charge in [-0.1, -0.05) is 0 Å². The van der Waals surface area contributed by atoms with Crippen LogP contribution in [-0.2, 0) is 26.7 Å². The Morgan fingerprint density at radius 2 is 1.63 bits per heavy atom. The molecule has 1 saturated carbocycles. The monoisotopic (exact) mass is 588 g/mol. The van der Waals surface area contributed by atoms with E-state index in [4.69, 9.17) is 4.74 Å². The van der Waals surface area contributed by atoms with Crippen LogP contribution in [0.4, 0.5) is 43.4 Å².